The molecule has 1 heterocycles. The SMILES string of the molecule is C=CCN1C(=N)C(=O)N(C)C1=O. The molecule has 0 unspecified atom stereocenters. The van der Waals surface area contributed by atoms with E-state index in [1.807, 2.05) is 0 Å². The van der Waals surface area contributed by atoms with Gasteiger partial charge >= 0.3 is 6.03 Å². The molecule has 0 spiro atoms. The molecule has 1 fully saturated rings. The van der Waals surface area contributed by atoms with Crippen LogP contribution in [0.4, 0.5) is 4.79 Å². The Bertz CT molecular complexity index is 272. The maximum atomic E-state index is 11.2. The van der Waals surface area contributed by atoms with E-state index in [-0.39, 0.29) is 12.4 Å². The number of nitrogens with zero attached hydrogens (tertiary/aromatic N) is 2. The number of likely N-dealkylation sites (N-methyl/N-ethyl adjacent to an activating group) is 1. The molecule has 5 nitrogen and oxygen atoms in total. The summed E-state index contributed by atoms with van der Waals surface area (Å²) in [7, 11) is 1.35. The number of carbonyl (C=O) groups excluding carboxylic acids is 2. The van der Waals surface area contributed by atoms with Crippen LogP contribution in [0.1, 0.15) is 0 Å². The molecule has 0 aromatic rings. The predicted molar refractivity (Wildman–Crippen MR) is 42.8 cm³/mol. The van der Waals surface area contributed by atoms with E-state index in [2.05, 4.69) is 6.58 Å². The highest BCUT2D eigenvalue weighted by molar-refractivity contribution is 6.45. The number of hydrogen-bond acceptors (Lipinski definition) is 3. The van der Waals surface area contributed by atoms with Crippen LogP contribution < -0.4 is 0 Å². The average Bonchev–Trinajstić information content (AvgIpc) is 2.23. The highest BCUT2D eigenvalue weighted by Crippen LogP contribution is 2.08. The van der Waals surface area contributed by atoms with Gasteiger partial charge in [-0.15, -0.1) is 6.58 Å². The smallest absolute Gasteiger partial charge is 0.279 e. The lowest BCUT2D eigenvalue weighted by Gasteiger charge is -2.10. The Morgan fingerprint density at radius 2 is 2.17 bits per heavy atom. The van der Waals surface area contributed by atoms with Crippen LogP contribution >= 0.6 is 0 Å². The van der Waals surface area contributed by atoms with Gasteiger partial charge in [0.1, 0.15) is 0 Å². The molecule has 0 bridgehead atoms. The van der Waals surface area contributed by atoms with Gasteiger partial charge in [0.05, 0.1) is 0 Å². The molecule has 5 heteroatoms. The highest BCUT2D eigenvalue weighted by atomic mass is 16.2. The maximum Gasteiger partial charge on any atom is 0.332 e. The Labute approximate surface area is 69.8 Å². The van der Waals surface area contributed by atoms with Gasteiger partial charge in [0.15, 0.2) is 5.84 Å². The van der Waals surface area contributed by atoms with Crippen molar-refractivity contribution in [1.29, 1.82) is 5.41 Å². The number of imide groups is 1. The summed E-state index contributed by atoms with van der Waals surface area (Å²) in [6.45, 7) is 3.62. The van der Waals surface area contributed by atoms with E-state index in [1.165, 1.54) is 13.1 Å². The van der Waals surface area contributed by atoms with E-state index < -0.39 is 11.9 Å². The zero-order valence-electron chi connectivity index (χ0n) is 6.70. The Morgan fingerprint density at radius 3 is 2.50 bits per heavy atom. The highest BCUT2D eigenvalue weighted by Gasteiger charge is 2.37. The Hall–Kier alpha value is -1.65. The minimum Gasteiger partial charge on any atom is -0.279 e. The van der Waals surface area contributed by atoms with Gasteiger partial charge in [0.25, 0.3) is 5.91 Å². The third-order valence-electron chi connectivity index (χ3n) is 1.61. The lowest BCUT2D eigenvalue weighted by molar-refractivity contribution is -0.119. The van der Waals surface area contributed by atoms with Crippen molar-refractivity contribution in [2.45, 2.75) is 0 Å². The average molecular weight is 167 g/mol. The maximum absolute atomic E-state index is 11.2. The van der Waals surface area contributed by atoms with Crippen LogP contribution in [0.3, 0.4) is 0 Å². The van der Waals surface area contributed by atoms with Crippen molar-refractivity contribution < 1.29 is 9.59 Å². The van der Waals surface area contributed by atoms with Crippen LogP contribution in [-0.2, 0) is 4.79 Å². The monoisotopic (exact) mass is 167 g/mol. The molecule has 1 saturated heterocycles. The zero-order chi connectivity index (χ0) is 9.30. The summed E-state index contributed by atoms with van der Waals surface area (Å²) in [6.07, 6.45) is 1.47. The number of urea groups is 1. The quantitative estimate of drug-likeness (QED) is 0.466. The second-order valence-electron chi connectivity index (χ2n) is 2.39. The van der Waals surface area contributed by atoms with Gasteiger partial charge in [0, 0.05) is 13.6 Å². The summed E-state index contributed by atoms with van der Waals surface area (Å²) in [5.41, 5.74) is 0. The summed E-state index contributed by atoms with van der Waals surface area (Å²) in [5, 5.41) is 7.24. The third kappa shape index (κ3) is 0.990. The van der Waals surface area contributed by atoms with Crippen molar-refractivity contribution in [3.8, 4) is 0 Å². The van der Waals surface area contributed by atoms with Crippen molar-refractivity contribution in [3.05, 3.63) is 12.7 Å². The first-order chi connectivity index (χ1) is 5.59. The van der Waals surface area contributed by atoms with Gasteiger partial charge in [0.2, 0.25) is 0 Å². The van der Waals surface area contributed by atoms with Crippen LogP contribution in [0.2, 0.25) is 0 Å². The molecule has 1 N–H and O–H groups in total. The minimum atomic E-state index is -0.568. The normalized spacial score (nSPS) is 17.6. The number of nitrogens with one attached hydrogen (secondary N) is 1. The molecular formula is C7H9N3O2. The Morgan fingerprint density at radius 1 is 1.58 bits per heavy atom. The summed E-state index contributed by atoms with van der Waals surface area (Å²) in [6, 6.07) is -0.468. The van der Waals surface area contributed by atoms with Gasteiger partial charge in [-0.2, -0.15) is 0 Å². The van der Waals surface area contributed by atoms with Crippen molar-refractivity contribution in [3.63, 3.8) is 0 Å². The van der Waals surface area contributed by atoms with E-state index in [0.717, 1.165) is 9.80 Å². The first kappa shape index (κ1) is 8.45. The molecule has 1 aliphatic rings. The fraction of sp³-hybridized carbons (Fsp3) is 0.286. The first-order valence-corrected chi connectivity index (χ1v) is 3.38. The summed E-state index contributed by atoms with van der Waals surface area (Å²) >= 11 is 0. The fourth-order valence-electron chi connectivity index (χ4n) is 0.936. The van der Waals surface area contributed by atoms with Crippen molar-refractivity contribution >= 4 is 17.8 Å². The molecule has 1 rings (SSSR count). The number of amides is 3. The molecule has 1 aliphatic heterocycles. The van der Waals surface area contributed by atoms with Crippen LogP contribution in [-0.4, -0.2) is 41.2 Å². The number of amidine groups is 1. The predicted octanol–water partition coefficient (Wildman–Crippen LogP) is 0.0437. The summed E-state index contributed by atoms with van der Waals surface area (Å²) < 4.78 is 0. The topological polar surface area (TPSA) is 64.5 Å². The largest absolute Gasteiger partial charge is 0.332 e. The van der Waals surface area contributed by atoms with Gasteiger partial charge in [-0.1, -0.05) is 6.08 Å². The van der Waals surface area contributed by atoms with Gasteiger partial charge in [-0.3, -0.25) is 20.0 Å². The molecule has 64 valence electrons. The van der Waals surface area contributed by atoms with E-state index in [1.54, 1.807) is 0 Å². The molecule has 0 atom stereocenters. The first-order valence-electron chi connectivity index (χ1n) is 3.38. The zero-order valence-corrected chi connectivity index (χ0v) is 6.70. The third-order valence-corrected chi connectivity index (χ3v) is 1.61. The molecule has 0 saturated carbocycles. The van der Waals surface area contributed by atoms with Crippen molar-refractivity contribution in [2.24, 2.45) is 0 Å². The van der Waals surface area contributed by atoms with Crippen molar-refractivity contribution in [1.82, 2.24) is 9.80 Å². The fourth-order valence-corrected chi connectivity index (χ4v) is 0.936. The van der Waals surface area contributed by atoms with E-state index in [9.17, 15) is 9.59 Å². The number of hydrogen-bond donors (Lipinski definition) is 1. The summed E-state index contributed by atoms with van der Waals surface area (Å²) in [4.78, 5) is 24.1. The molecule has 0 aliphatic carbocycles. The Kier molecular flexibility index (Phi) is 1.95. The Balaban J connectivity index is 2.90. The lowest BCUT2D eigenvalue weighted by Crippen LogP contribution is -2.31. The summed E-state index contributed by atoms with van der Waals surface area (Å²) in [5.74, 6) is -0.857. The van der Waals surface area contributed by atoms with E-state index >= 15 is 0 Å². The van der Waals surface area contributed by atoms with Gasteiger partial charge in [-0.05, 0) is 0 Å². The standard InChI is InChI=1S/C7H9N3O2/c1-3-4-10-5(8)6(11)9(2)7(10)12/h3,8H,1,4H2,2H3. The molecule has 0 aromatic heterocycles. The van der Waals surface area contributed by atoms with Crippen molar-refractivity contribution in [2.75, 3.05) is 13.6 Å². The van der Waals surface area contributed by atoms with Gasteiger partial charge in [-0.25, -0.2) is 4.79 Å². The molecule has 0 radical (unpaired) electrons. The van der Waals surface area contributed by atoms with Crippen LogP contribution in [0.5, 0.6) is 0 Å². The minimum absolute atomic E-state index is 0.202. The van der Waals surface area contributed by atoms with Crippen LogP contribution in [0.15, 0.2) is 12.7 Å². The second kappa shape index (κ2) is 2.77. The number of carbonyl (C=O) groups is 2. The van der Waals surface area contributed by atoms with Gasteiger partial charge < -0.3 is 0 Å². The molecule has 12 heavy (non-hydrogen) atoms. The molecular weight excluding hydrogens is 158 g/mol. The van der Waals surface area contributed by atoms with Crippen LogP contribution in [0, 0.1) is 5.41 Å². The molecule has 3 amide bonds. The number of rotatable bonds is 2. The lowest BCUT2D eigenvalue weighted by atomic mass is 10.5. The second-order valence-corrected chi connectivity index (χ2v) is 2.39. The van der Waals surface area contributed by atoms with E-state index in [0.29, 0.717) is 0 Å². The van der Waals surface area contributed by atoms with Crippen LogP contribution in [0.25, 0.3) is 0 Å². The van der Waals surface area contributed by atoms with E-state index in [4.69, 9.17) is 5.41 Å². The molecule has 0 aromatic carbocycles.